The minimum absolute atomic E-state index is 0.179. The van der Waals surface area contributed by atoms with Crippen molar-refractivity contribution in [3.63, 3.8) is 0 Å². The molecule has 0 spiro atoms. The number of carbonyl (C=O) groups is 1. The van der Waals surface area contributed by atoms with Crippen LogP contribution in [0.5, 0.6) is 11.5 Å². The molecule has 0 fully saturated rings. The summed E-state index contributed by atoms with van der Waals surface area (Å²) in [6.45, 7) is 1.98. The number of ether oxygens (including phenoxy) is 2. The second-order valence-corrected chi connectivity index (χ2v) is 8.76. The van der Waals surface area contributed by atoms with Crippen molar-refractivity contribution in [2.75, 3.05) is 19.5 Å². The van der Waals surface area contributed by atoms with Gasteiger partial charge >= 0.3 is 0 Å². The van der Waals surface area contributed by atoms with Crippen molar-refractivity contribution >= 4 is 63.7 Å². The maximum absolute atomic E-state index is 12.7. The molecule has 0 saturated heterocycles. The molecule has 1 atom stereocenters. The zero-order chi connectivity index (χ0) is 21.6. The van der Waals surface area contributed by atoms with Crippen molar-refractivity contribution in [1.82, 2.24) is 10.6 Å². The maximum Gasteiger partial charge on any atom is 0.253 e. The molecule has 2 aromatic carbocycles. The average molecular weight is 477 g/mol. The van der Waals surface area contributed by atoms with Gasteiger partial charge in [0.2, 0.25) is 3.79 Å². The van der Waals surface area contributed by atoms with Crippen molar-refractivity contribution < 1.29 is 14.3 Å². The highest BCUT2D eigenvalue weighted by atomic mass is 35.6. The monoisotopic (exact) mass is 475 g/mol. The molecule has 0 aliphatic rings. The summed E-state index contributed by atoms with van der Waals surface area (Å²) in [6.07, 6.45) is -1.10. The third-order valence-corrected chi connectivity index (χ3v) is 4.71. The summed E-state index contributed by atoms with van der Waals surface area (Å²) < 4.78 is 8.50. The number of methoxy groups -OCH3 is 2. The van der Waals surface area contributed by atoms with Crippen LogP contribution in [0.2, 0.25) is 0 Å². The van der Waals surface area contributed by atoms with Crippen LogP contribution in [0.25, 0.3) is 0 Å². The Labute approximate surface area is 189 Å². The maximum atomic E-state index is 12.7. The highest BCUT2D eigenvalue weighted by Gasteiger charge is 2.35. The van der Waals surface area contributed by atoms with Crippen LogP contribution in [-0.4, -0.2) is 35.2 Å². The Hall–Kier alpha value is -1.93. The van der Waals surface area contributed by atoms with Crippen LogP contribution >= 0.6 is 47.0 Å². The van der Waals surface area contributed by atoms with Gasteiger partial charge in [0.05, 0.1) is 14.2 Å². The van der Waals surface area contributed by atoms with E-state index in [1.165, 1.54) is 20.3 Å². The van der Waals surface area contributed by atoms with Crippen molar-refractivity contribution in [1.29, 1.82) is 0 Å². The van der Waals surface area contributed by atoms with Crippen LogP contribution in [0.1, 0.15) is 15.9 Å². The van der Waals surface area contributed by atoms with Crippen LogP contribution in [0.15, 0.2) is 42.5 Å². The van der Waals surface area contributed by atoms with Gasteiger partial charge in [-0.1, -0.05) is 52.5 Å². The van der Waals surface area contributed by atoms with E-state index in [-0.39, 0.29) is 5.11 Å². The normalized spacial score (nSPS) is 11.9. The Balaban J connectivity index is 2.11. The van der Waals surface area contributed by atoms with Crippen LogP contribution in [0.3, 0.4) is 0 Å². The molecule has 0 unspecified atom stereocenters. The van der Waals surface area contributed by atoms with Crippen molar-refractivity contribution in [3.05, 3.63) is 53.6 Å². The summed E-state index contributed by atoms with van der Waals surface area (Å²) in [7, 11) is 2.97. The predicted molar refractivity (Wildman–Crippen MR) is 122 cm³/mol. The van der Waals surface area contributed by atoms with Crippen molar-refractivity contribution in [3.8, 4) is 11.5 Å². The molecule has 0 saturated carbocycles. The lowest BCUT2D eigenvalue weighted by atomic mass is 10.2. The van der Waals surface area contributed by atoms with Gasteiger partial charge in [-0.15, -0.1) is 0 Å². The standard InChI is InChI=1S/C19H20Cl3N3O3S/c1-11-4-7-13(8-5-11)23-18(29)25-17(19(20,21)22)24-16(26)12-6-9-14(27-2)15(10-12)28-3/h4-10,17H,1-3H3,(H,24,26)(H2,23,25,29)/t17-/m1/s1. The Kier molecular flexibility index (Phi) is 8.22. The molecule has 6 nitrogen and oxygen atoms in total. The number of halogens is 3. The van der Waals surface area contributed by atoms with E-state index in [2.05, 4.69) is 16.0 Å². The number of hydrogen-bond acceptors (Lipinski definition) is 4. The van der Waals surface area contributed by atoms with Crippen LogP contribution in [0, 0.1) is 6.92 Å². The van der Waals surface area contributed by atoms with E-state index < -0.39 is 15.9 Å². The number of anilines is 1. The van der Waals surface area contributed by atoms with Crippen molar-refractivity contribution in [2.24, 2.45) is 0 Å². The van der Waals surface area contributed by atoms with E-state index in [1.807, 2.05) is 31.2 Å². The fourth-order valence-electron chi connectivity index (χ4n) is 2.33. The lowest BCUT2D eigenvalue weighted by molar-refractivity contribution is 0.0934. The summed E-state index contributed by atoms with van der Waals surface area (Å²) in [5.74, 6) is 0.395. The first-order valence-corrected chi connectivity index (χ1v) is 9.92. The van der Waals surface area contributed by atoms with E-state index in [0.717, 1.165) is 11.3 Å². The van der Waals surface area contributed by atoms with E-state index in [4.69, 9.17) is 56.5 Å². The van der Waals surface area contributed by atoms with Gasteiger partial charge in [-0.05, 0) is 49.5 Å². The fourth-order valence-corrected chi connectivity index (χ4v) is 2.89. The quantitative estimate of drug-likeness (QED) is 0.326. The number of nitrogens with one attached hydrogen (secondary N) is 3. The number of benzene rings is 2. The first kappa shape index (κ1) is 23.3. The molecule has 29 heavy (non-hydrogen) atoms. The highest BCUT2D eigenvalue weighted by Crippen LogP contribution is 2.30. The molecule has 3 N–H and O–H groups in total. The number of hydrogen-bond donors (Lipinski definition) is 3. The summed E-state index contributed by atoms with van der Waals surface area (Å²) >= 11 is 23.3. The molecular formula is C19H20Cl3N3O3S. The van der Waals surface area contributed by atoms with Crippen LogP contribution < -0.4 is 25.4 Å². The van der Waals surface area contributed by atoms with Gasteiger partial charge in [0, 0.05) is 11.3 Å². The second-order valence-electron chi connectivity index (χ2n) is 5.98. The lowest BCUT2D eigenvalue weighted by Crippen LogP contribution is -2.56. The summed E-state index contributed by atoms with van der Waals surface area (Å²) in [6, 6.07) is 12.3. The third kappa shape index (κ3) is 6.82. The molecule has 0 aliphatic carbocycles. The number of thiocarbonyl (C=S) groups is 1. The first-order chi connectivity index (χ1) is 13.6. The van der Waals surface area contributed by atoms with E-state index >= 15 is 0 Å². The molecule has 0 heterocycles. The predicted octanol–water partition coefficient (Wildman–Crippen LogP) is 4.42. The molecule has 1 amide bonds. The molecule has 156 valence electrons. The molecule has 0 radical (unpaired) electrons. The van der Waals surface area contributed by atoms with Gasteiger partial charge in [-0.3, -0.25) is 4.79 Å². The lowest BCUT2D eigenvalue weighted by Gasteiger charge is -2.28. The van der Waals surface area contributed by atoms with Gasteiger partial charge in [-0.25, -0.2) is 0 Å². The first-order valence-electron chi connectivity index (χ1n) is 8.38. The number of carbonyl (C=O) groups excluding carboxylic acids is 1. The minimum Gasteiger partial charge on any atom is -0.493 e. The van der Waals surface area contributed by atoms with Crippen LogP contribution in [0.4, 0.5) is 5.69 Å². The zero-order valence-corrected chi connectivity index (χ0v) is 19.0. The van der Waals surface area contributed by atoms with Gasteiger partial charge in [0.1, 0.15) is 6.17 Å². The van der Waals surface area contributed by atoms with Gasteiger partial charge in [0.15, 0.2) is 16.6 Å². The number of amides is 1. The molecule has 10 heteroatoms. The van der Waals surface area contributed by atoms with Gasteiger partial charge in [-0.2, -0.15) is 0 Å². The third-order valence-electron chi connectivity index (χ3n) is 3.83. The van der Waals surface area contributed by atoms with E-state index in [1.54, 1.807) is 12.1 Å². The smallest absolute Gasteiger partial charge is 0.253 e. The Morgan fingerprint density at radius 3 is 2.17 bits per heavy atom. The number of aryl methyl sites for hydroxylation is 1. The number of alkyl halides is 3. The van der Waals surface area contributed by atoms with E-state index in [9.17, 15) is 4.79 Å². The van der Waals surface area contributed by atoms with Crippen LogP contribution in [-0.2, 0) is 0 Å². The van der Waals surface area contributed by atoms with Gasteiger partial charge < -0.3 is 25.4 Å². The molecule has 0 bridgehead atoms. The largest absolute Gasteiger partial charge is 0.493 e. The zero-order valence-electron chi connectivity index (χ0n) is 15.9. The van der Waals surface area contributed by atoms with Crippen molar-refractivity contribution in [2.45, 2.75) is 16.9 Å². The Bertz CT molecular complexity index is 873. The summed E-state index contributed by atoms with van der Waals surface area (Å²) in [4.78, 5) is 12.7. The van der Waals surface area contributed by atoms with Gasteiger partial charge in [0.25, 0.3) is 5.91 Å². The topological polar surface area (TPSA) is 71.6 Å². The molecule has 2 rings (SSSR count). The summed E-state index contributed by atoms with van der Waals surface area (Å²) in [5, 5.41) is 8.58. The number of rotatable bonds is 6. The fraction of sp³-hybridized carbons (Fsp3) is 0.263. The Morgan fingerprint density at radius 1 is 1.00 bits per heavy atom. The molecule has 2 aromatic rings. The second kappa shape index (κ2) is 10.2. The van der Waals surface area contributed by atoms with E-state index in [0.29, 0.717) is 17.1 Å². The molecule has 0 aliphatic heterocycles. The molecular weight excluding hydrogens is 457 g/mol. The summed E-state index contributed by atoms with van der Waals surface area (Å²) in [5.41, 5.74) is 2.15. The minimum atomic E-state index is -1.87. The Morgan fingerprint density at radius 2 is 1.62 bits per heavy atom. The average Bonchev–Trinajstić information content (AvgIpc) is 2.67. The SMILES string of the molecule is COc1ccc(C(=O)N[C@H](NC(=S)Nc2ccc(C)cc2)C(Cl)(Cl)Cl)cc1OC. The molecule has 0 aromatic heterocycles. The highest BCUT2D eigenvalue weighted by molar-refractivity contribution is 7.80.